The highest BCUT2D eigenvalue weighted by atomic mass is 19.3. The maximum atomic E-state index is 13.1. The summed E-state index contributed by atoms with van der Waals surface area (Å²) in [6.07, 6.45) is 0. The predicted molar refractivity (Wildman–Crippen MR) is 123 cm³/mol. The fourth-order valence-electron chi connectivity index (χ4n) is 3.73. The van der Waals surface area contributed by atoms with Crippen LogP contribution in [0.25, 0.3) is 22.0 Å². The first-order chi connectivity index (χ1) is 16.0. The Balaban J connectivity index is 1.63. The number of methoxy groups -OCH3 is 1. The average molecular weight is 451 g/mol. The third-order valence-electron chi connectivity index (χ3n) is 5.19. The maximum absolute atomic E-state index is 13.1. The molecule has 1 aromatic heterocycles. The summed E-state index contributed by atoms with van der Waals surface area (Å²) in [5.41, 5.74) is 2.28. The second kappa shape index (κ2) is 9.79. The van der Waals surface area contributed by atoms with Gasteiger partial charge in [0.15, 0.2) is 11.5 Å². The van der Waals surface area contributed by atoms with Crippen LogP contribution < -0.4 is 15.0 Å². The molecule has 0 amide bonds. The van der Waals surface area contributed by atoms with Crippen LogP contribution in [0.5, 0.6) is 11.5 Å². The van der Waals surface area contributed by atoms with Crippen molar-refractivity contribution in [3.63, 3.8) is 0 Å². The molecule has 3 aromatic carbocycles. The molecule has 0 aliphatic heterocycles. The monoisotopic (exact) mass is 451 g/mol. The Bertz CT molecular complexity index is 1310. The zero-order chi connectivity index (χ0) is 23.4. The van der Waals surface area contributed by atoms with E-state index in [1.165, 1.54) is 17.9 Å². The van der Waals surface area contributed by atoms with E-state index < -0.39 is 6.61 Å². The summed E-state index contributed by atoms with van der Waals surface area (Å²) in [4.78, 5) is 15.0. The van der Waals surface area contributed by atoms with Crippen molar-refractivity contribution in [3.05, 3.63) is 88.7 Å². The Labute approximate surface area is 189 Å². The second-order valence-electron chi connectivity index (χ2n) is 7.58. The van der Waals surface area contributed by atoms with Crippen LogP contribution in [0.1, 0.15) is 5.56 Å². The smallest absolute Gasteiger partial charge is 0.387 e. The Morgan fingerprint density at radius 2 is 1.67 bits per heavy atom. The van der Waals surface area contributed by atoms with Crippen molar-refractivity contribution in [2.45, 2.75) is 19.8 Å². The van der Waals surface area contributed by atoms with Crippen molar-refractivity contribution in [2.75, 3.05) is 14.2 Å². The average Bonchev–Trinajstić information content (AvgIpc) is 2.82. The Hall–Kier alpha value is -3.78. The fraction of sp³-hybridized carbons (Fsp3) is 0.200. The van der Waals surface area contributed by atoms with Gasteiger partial charge in [-0.2, -0.15) is 13.9 Å². The van der Waals surface area contributed by atoms with Gasteiger partial charge in [0.25, 0.3) is 5.56 Å². The minimum atomic E-state index is -2.93. The Morgan fingerprint density at radius 3 is 2.36 bits per heavy atom. The van der Waals surface area contributed by atoms with Crippen molar-refractivity contribution >= 4 is 10.8 Å². The summed E-state index contributed by atoms with van der Waals surface area (Å²) in [7, 11) is 3.24. The number of benzene rings is 3. The molecule has 0 bridgehead atoms. The molecule has 1 heterocycles. The molecular formula is C25H23F2N3O3. The van der Waals surface area contributed by atoms with Gasteiger partial charge in [-0.3, -0.25) is 9.69 Å². The first kappa shape index (κ1) is 22.4. The van der Waals surface area contributed by atoms with E-state index in [1.54, 1.807) is 18.2 Å². The van der Waals surface area contributed by atoms with E-state index in [0.717, 1.165) is 22.2 Å². The van der Waals surface area contributed by atoms with E-state index in [0.29, 0.717) is 11.9 Å². The molecule has 0 saturated carbocycles. The summed E-state index contributed by atoms with van der Waals surface area (Å²) in [5.74, 6) is 0.187. The van der Waals surface area contributed by atoms with E-state index in [1.807, 2.05) is 60.5 Å². The van der Waals surface area contributed by atoms with E-state index in [9.17, 15) is 13.6 Å². The summed E-state index contributed by atoms with van der Waals surface area (Å²) in [6, 6.07) is 21.9. The van der Waals surface area contributed by atoms with Crippen LogP contribution in [-0.2, 0) is 13.2 Å². The first-order valence-corrected chi connectivity index (χ1v) is 10.3. The van der Waals surface area contributed by atoms with Gasteiger partial charge in [-0.05, 0) is 30.8 Å². The molecule has 0 saturated heterocycles. The van der Waals surface area contributed by atoms with Crippen LogP contribution in [0, 0.1) is 0 Å². The lowest BCUT2D eigenvalue weighted by Crippen LogP contribution is -2.32. The van der Waals surface area contributed by atoms with Gasteiger partial charge >= 0.3 is 6.61 Å². The summed E-state index contributed by atoms with van der Waals surface area (Å²) >= 11 is 0. The van der Waals surface area contributed by atoms with Crippen LogP contribution in [0.4, 0.5) is 8.78 Å². The third-order valence-corrected chi connectivity index (χ3v) is 5.19. The fourth-order valence-corrected chi connectivity index (χ4v) is 3.73. The van der Waals surface area contributed by atoms with Crippen LogP contribution in [0.3, 0.4) is 0 Å². The number of alkyl halides is 2. The van der Waals surface area contributed by atoms with Crippen molar-refractivity contribution in [2.24, 2.45) is 0 Å². The lowest BCUT2D eigenvalue weighted by molar-refractivity contribution is -0.0512. The molecule has 0 atom stereocenters. The van der Waals surface area contributed by atoms with Crippen LogP contribution >= 0.6 is 0 Å². The molecule has 0 aliphatic carbocycles. The van der Waals surface area contributed by atoms with Gasteiger partial charge in [0.05, 0.1) is 24.9 Å². The molecule has 8 heteroatoms. The predicted octanol–water partition coefficient (Wildman–Crippen LogP) is 4.76. The zero-order valence-corrected chi connectivity index (χ0v) is 18.2. The number of aromatic nitrogens is 2. The molecular weight excluding hydrogens is 428 g/mol. The molecule has 0 radical (unpaired) electrons. The standard InChI is InChI=1S/C25H23F2N3O3/c1-29(15-17-12-13-21(33-25(26)27)22(14-17)32-2)16-30-24(31)20-11-7-6-10-19(20)23(28-30)18-8-4-3-5-9-18/h3-14,25H,15-16H2,1-2H3. The molecule has 4 aromatic rings. The largest absolute Gasteiger partial charge is 0.493 e. The molecule has 33 heavy (non-hydrogen) atoms. The first-order valence-electron chi connectivity index (χ1n) is 10.3. The van der Waals surface area contributed by atoms with Gasteiger partial charge in [0.1, 0.15) is 0 Å². The summed E-state index contributed by atoms with van der Waals surface area (Å²) < 4.78 is 36.2. The molecule has 170 valence electrons. The highest BCUT2D eigenvalue weighted by Crippen LogP contribution is 2.30. The van der Waals surface area contributed by atoms with Gasteiger partial charge in [-0.1, -0.05) is 54.6 Å². The number of halogens is 2. The highest BCUT2D eigenvalue weighted by Gasteiger charge is 2.15. The second-order valence-corrected chi connectivity index (χ2v) is 7.58. The summed E-state index contributed by atoms with van der Waals surface area (Å²) in [6.45, 7) is -2.26. The number of hydrogen-bond donors (Lipinski definition) is 0. The Kier molecular flexibility index (Phi) is 6.65. The normalized spacial score (nSPS) is 11.3. The molecule has 0 N–H and O–H groups in total. The number of hydrogen-bond acceptors (Lipinski definition) is 5. The van der Waals surface area contributed by atoms with Gasteiger partial charge < -0.3 is 9.47 Å². The number of rotatable bonds is 8. The molecule has 0 unspecified atom stereocenters. The number of nitrogens with zero attached hydrogens (tertiary/aromatic N) is 3. The minimum absolute atomic E-state index is 0.0289. The highest BCUT2D eigenvalue weighted by molar-refractivity contribution is 5.93. The van der Waals surface area contributed by atoms with E-state index in [4.69, 9.17) is 4.74 Å². The van der Waals surface area contributed by atoms with E-state index in [-0.39, 0.29) is 23.7 Å². The third kappa shape index (κ3) is 5.01. The molecule has 4 rings (SSSR count). The van der Waals surface area contributed by atoms with Crippen LogP contribution in [0.2, 0.25) is 0 Å². The number of ether oxygens (including phenoxy) is 2. The van der Waals surface area contributed by atoms with Crippen molar-refractivity contribution in [1.82, 2.24) is 14.7 Å². The minimum Gasteiger partial charge on any atom is -0.493 e. The van der Waals surface area contributed by atoms with Gasteiger partial charge in [0.2, 0.25) is 0 Å². The van der Waals surface area contributed by atoms with Crippen LogP contribution in [0.15, 0.2) is 77.6 Å². The molecule has 0 spiro atoms. The summed E-state index contributed by atoms with van der Waals surface area (Å²) in [5, 5.41) is 6.06. The van der Waals surface area contributed by atoms with Crippen molar-refractivity contribution in [3.8, 4) is 22.8 Å². The van der Waals surface area contributed by atoms with Crippen LogP contribution in [-0.4, -0.2) is 35.4 Å². The quantitative estimate of drug-likeness (QED) is 0.387. The zero-order valence-electron chi connectivity index (χ0n) is 18.2. The number of fused-ring (bicyclic) bond motifs is 1. The molecule has 0 aliphatic rings. The lowest BCUT2D eigenvalue weighted by atomic mass is 10.1. The topological polar surface area (TPSA) is 56.6 Å². The van der Waals surface area contributed by atoms with Crippen molar-refractivity contribution < 1.29 is 18.3 Å². The maximum Gasteiger partial charge on any atom is 0.387 e. The van der Waals surface area contributed by atoms with E-state index in [2.05, 4.69) is 9.84 Å². The Morgan fingerprint density at radius 1 is 0.970 bits per heavy atom. The SMILES string of the molecule is COc1cc(CN(C)Cn2nc(-c3ccccc3)c3ccccc3c2=O)ccc1OC(F)F. The van der Waals surface area contributed by atoms with Gasteiger partial charge in [-0.15, -0.1) is 0 Å². The van der Waals surface area contributed by atoms with Gasteiger partial charge in [-0.25, -0.2) is 4.68 Å². The lowest BCUT2D eigenvalue weighted by Gasteiger charge is -2.20. The van der Waals surface area contributed by atoms with E-state index >= 15 is 0 Å². The van der Waals surface area contributed by atoms with Crippen molar-refractivity contribution in [1.29, 1.82) is 0 Å². The molecule has 0 fully saturated rings. The van der Waals surface area contributed by atoms with Gasteiger partial charge in [0, 0.05) is 17.5 Å². The molecule has 6 nitrogen and oxygen atoms in total.